The van der Waals surface area contributed by atoms with E-state index in [0.717, 1.165) is 25.3 Å². The second-order valence-corrected chi connectivity index (χ2v) is 4.25. The Morgan fingerprint density at radius 3 is 2.44 bits per heavy atom. The van der Waals surface area contributed by atoms with Crippen molar-refractivity contribution in [3.05, 3.63) is 23.5 Å². The molecule has 1 aromatic rings. The molecule has 6 heteroatoms. The van der Waals surface area contributed by atoms with Crippen molar-refractivity contribution in [3.63, 3.8) is 0 Å². The molecule has 0 unspecified atom stereocenters. The lowest BCUT2D eigenvalue weighted by Gasteiger charge is -2.29. The van der Waals surface area contributed by atoms with Gasteiger partial charge in [-0.15, -0.1) is 0 Å². The van der Waals surface area contributed by atoms with Gasteiger partial charge in [-0.25, -0.2) is 4.98 Å². The van der Waals surface area contributed by atoms with E-state index in [-0.39, 0.29) is 5.69 Å². The Kier molecular flexibility index (Phi) is 3.41. The molecule has 0 radical (unpaired) electrons. The average molecular weight is 255 g/mol. The molecule has 18 heavy (non-hydrogen) atoms. The number of hydrogen-bond donors (Lipinski definition) is 0. The molecule has 1 aromatic heterocycles. The van der Waals surface area contributed by atoms with E-state index in [1.807, 2.05) is 11.0 Å². The molecule has 0 N–H and O–H groups in total. The first-order valence-corrected chi connectivity index (χ1v) is 5.74. The standard InChI is InChI=1S/C12H12F3N3/c13-12(14,15)9-6-11(10(7-16)17-8-9)18-4-2-1-3-5-18/h6,8H,1-5H2. The zero-order chi connectivity index (χ0) is 13.2. The highest BCUT2D eigenvalue weighted by atomic mass is 19.4. The molecule has 1 aliphatic rings. The van der Waals surface area contributed by atoms with Crippen molar-refractivity contribution in [2.75, 3.05) is 18.0 Å². The van der Waals surface area contributed by atoms with Crippen LogP contribution in [0, 0.1) is 11.3 Å². The summed E-state index contributed by atoms with van der Waals surface area (Å²) >= 11 is 0. The highest BCUT2D eigenvalue weighted by Crippen LogP contribution is 2.33. The molecule has 0 atom stereocenters. The normalized spacial score (nSPS) is 16.4. The predicted molar refractivity (Wildman–Crippen MR) is 60.0 cm³/mol. The van der Waals surface area contributed by atoms with Crippen molar-refractivity contribution in [2.24, 2.45) is 0 Å². The van der Waals surface area contributed by atoms with Crippen molar-refractivity contribution in [1.29, 1.82) is 5.26 Å². The highest BCUT2D eigenvalue weighted by molar-refractivity contribution is 5.57. The molecule has 2 rings (SSSR count). The first kappa shape index (κ1) is 12.7. The zero-order valence-electron chi connectivity index (χ0n) is 9.67. The van der Waals surface area contributed by atoms with Crippen LogP contribution in [0.1, 0.15) is 30.5 Å². The van der Waals surface area contributed by atoms with Crippen molar-refractivity contribution in [3.8, 4) is 6.07 Å². The van der Waals surface area contributed by atoms with Crippen LogP contribution in [0.5, 0.6) is 0 Å². The lowest BCUT2D eigenvalue weighted by molar-refractivity contribution is -0.137. The van der Waals surface area contributed by atoms with Crippen LogP contribution >= 0.6 is 0 Å². The summed E-state index contributed by atoms with van der Waals surface area (Å²) in [5, 5.41) is 8.92. The topological polar surface area (TPSA) is 39.9 Å². The number of nitriles is 1. The molecule has 1 saturated heterocycles. The van der Waals surface area contributed by atoms with E-state index in [1.165, 1.54) is 0 Å². The van der Waals surface area contributed by atoms with Gasteiger partial charge < -0.3 is 4.90 Å². The van der Waals surface area contributed by atoms with Crippen LogP contribution in [-0.4, -0.2) is 18.1 Å². The van der Waals surface area contributed by atoms with Crippen molar-refractivity contribution in [1.82, 2.24) is 4.98 Å². The third-order valence-electron chi connectivity index (χ3n) is 3.00. The molecule has 2 heterocycles. The van der Waals surface area contributed by atoms with Gasteiger partial charge in [0.15, 0.2) is 5.69 Å². The molecule has 0 aliphatic carbocycles. The lowest BCUT2D eigenvalue weighted by atomic mass is 10.1. The van der Waals surface area contributed by atoms with Crippen LogP contribution < -0.4 is 4.90 Å². The third-order valence-corrected chi connectivity index (χ3v) is 3.00. The number of aromatic nitrogens is 1. The summed E-state index contributed by atoms with van der Waals surface area (Å²) in [5.41, 5.74) is -0.445. The smallest absolute Gasteiger partial charge is 0.369 e. The SMILES string of the molecule is N#Cc1ncc(C(F)(F)F)cc1N1CCCCC1. The van der Waals surface area contributed by atoms with Gasteiger partial charge in [0, 0.05) is 19.3 Å². The largest absolute Gasteiger partial charge is 0.417 e. The molecular formula is C12H12F3N3. The van der Waals surface area contributed by atoms with Gasteiger partial charge in [-0.3, -0.25) is 0 Å². The monoisotopic (exact) mass is 255 g/mol. The zero-order valence-corrected chi connectivity index (χ0v) is 9.67. The van der Waals surface area contributed by atoms with E-state index >= 15 is 0 Å². The van der Waals surface area contributed by atoms with Gasteiger partial charge >= 0.3 is 6.18 Å². The summed E-state index contributed by atoms with van der Waals surface area (Å²) in [4.78, 5) is 5.43. The minimum Gasteiger partial charge on any atom is -0.369 e. The van der Waals surface area contributed by atoms with Crippen LogP contribution in [0.25, 0.3) is 0 Å². The van der Waals surface area contributed by atoms with E-state index in [9.17, 15) is 13.2 Å². The molecule has 0 bridgehead atoms. The second-order valence-electron chi connectivity index (χ2n) is 4.25. The van der Waals surface area contributed by atoms with E-state index in [1.54, 1.807) is 0 Å². The molecule has 0 saturated carbocycles. The average Bonchev–Trinajstić information content (AvgIpc) is 2.38. The lowest BCUT2D eigenvalue weighted by Crippen LogP contribution is -2.30. The highest BCUT2D eigenvalue weighted by Gasteiger charge is 2.32. The molecular weight excluding hydrogens is 243 g/mol. The summed E-state index contributed by atoms with van der Waals surface area (Å²) in [5.74, 6) is 0. The Labute approximate surface area is 103 Å². The van der Waals surface area contributed by atoms with Gasteiger partial charge in [0.2, 0.25) is 0 Å². The number of piperidine rings is 1. The Morgan fingerprint density at radius 1 is 1.22 bits per heavy atom. The van der Waals surface area contributed by atoms with Gasteiger partial charge in [-0.05, 0) is 25.3 Å². The van der Waals surface area contributed by atoms with Gasteiger partial charge in [0.05, 0.1) is 11.3 Å². The second kappa shape index (κ2) is 4.84. The summed E-state index contributed by atoms with van der Waals surface area (Å²) < 4.78 is 37.9. The van der Waals surface area contributed by atoms with Crippen molar-refractivity contribution >= 4 is 5.69 Å². The van der Waals surface area contributed by atoms with Crippen LogP contribution in [0.4, 0.5) is 18.9 Å². The molecule has 0 aromatic carbocycles. The number of nitrogens with zero attached hydrogens (tertiary/aromatic N) is 3. The minimum atomic E-state index is -4.43. The molecule has 1 aliphatic heterocycles. The Hall–Kier alpha value is -1.77. The maximum absolute atomic E-state index is 12.6. The van der Waals surface area contributed by atoms with Gasteiger partial charge in [-0.2, -0.15) is 18.4 Å². The summed E-state index contributed by atoms with van der Waals surface area (Å²) in [6.45, 7) is 1.36. The van der Waals surface area contributed by atoms with E-state index in [2.05, 4.69) is 4.98 Å². The van der Waals surface area contributed by atoms with E-state index in [4.69, 9.17) is 5.26 Å². The first-order valence-electron chi connectivity index (χ1n) is 5.74. The molecule has 1 fully saturated rings. The summed E-state index contributed by atoms with van der Waals surface area (Å²) in [7, 11) is 0. The number of hydrogen-bond acceptors (Lipinski definition) is 3. The van der Waals surface area contributed by atoms with E-state index < -0.39 is 11.7 Å². The van der Waals surface area contributed by atoms with E-state index in [0.29, 0.717) is 25.0 Å². The van der Waals surface area contributed by atoms with Gasteiger partial charge in [0.25, 0.3) is 0 Å². The van der Waals surface area contributed by atoms with Gasteiger partial charge in [-0.1, -0.05) is 0 Å². The molecule has 0 amide bonds. The molecule has 0 spiro atoms. The Balaban J connectivity index is 2.39. The van der Waals surface area contributed by atoms with Crippen LogP contribution in [0.3, 0.4) is 0 Å². The maximum Gasteiger partial charge on any atom is 0.417 e. The molecule has 3 nitrogen and oxygen atoms in total. The fraction of sp³-hybridized carbons (Fsp3) is 0.500. The number of rotatable bonds is 1. The van der Waals surface area contributed by atoms with Crippen LogP contribution in [-0.2, 0) is 6.18 Å². The summed E-state index contributed by atoms with van der Waals surface area (Å²) in [6, 6.07) is 2.88. The first-order chi connectivity index (χ1) is 8.52. The minimum absolute atomic E-state index is 0.0601. The number of anilines is 1. The quantitative estimate of drug-likeness (QED) is 0.774. The van der Waals surface area contributed by atoms with Gasteiger partial charge in [0.1, 0.15) is 6.07 Å². The fourth-order valence-corrected chi connectivity index (χ4v) is 2.07. The van der Waals surface area contributed by atoms with Crippen molar-refractivity contribution in [2.45, 2.75) is 25.4 Å². The Morgan fingerprint density at radius 2 is 1.89 bits per heavy atom. The predicted octanol–water partition coefficient (Wildman–Crippen LogP) is 2.96. The number of halogens is 3. The third kappa shape index (κ3) is 2.55. The number of pyridine rings is 1. The Bertz CT molecular complexity index is 470. The van der Waals surface area contributed by atoms with Crippen LogP contribution in [0.2, 0.25) is 0 Å². The number of alkyl halides is 3. The maximum atomic E-state index is 12.6. The molecule has 96 valence electrons. The van der Waals surface area contributed by atoms with Crippen molar-refractivity contribution < 1.29 is 13.2 Å². The fourth-order valence-electron chi connectivity index (χ4n) is 2.07. The van der Waals surface area contributed by atoms with Crippen LogP contribution in [0.15, 0.2) is 12.3 Å². The summed E-state index contributed by atoms with van der Waals surface area (Å²) in [6.07, 6.45) is -0.773.